The minimum atomic E-state index is -0.153. The summed E-state index contributed by atoms with van der Waals surface area (Å²) in [6.45, 7) is 10.8. The number of hydrogen-bond donors (Lipinski definition) is 2. The number of carbonyl (C=O) groups is 1. The molecule has 1 fully saturated rings. The molecule has 0 atom stereocenters. The molecule has 0 bridgehead atoms. The molecule has 0 spiro atoms. The Labute approximate surface area is 167 Å². The molecule has 1 aliphatic heterocycles. The smallest absolute Gasteiger partial charge is 0.273 e. The van der Waals surface area contributed by atoms with Crippen molar-refractivity contribution in [1.82, 2.24) is 25.6 Å². The lowest BCUT2D eigenvalue weighted by molar-refractivity contribution is 0.0940. The Morgan fingerprint density at radius 1 is 1.26 bits per heavy atom. The fraction of sp³-hybridized carbons (Fsp3) is 0.550. The summed E-state index contributed by atoms with van der Waals surface area (Å²) in [7, 11) is 0. The quantitative estimate of drug-likeness (QED) is 0.821. The van der Waals surface area contributed by atoms with E-state index in [0.717, 1.165) is 31.6 Å². The van der Waals surface area contributed by atoms with Crippen LogP contribution in [0.3, 0.4) is 0 Å². The monoisotopic (exact) mass is 391 g/mol. The molecular weight excluding hydrogens is 362 g/mol. The van der Waals surface area contributed by atoms with Crippen molar-refractivity contribution in [3.05, 3.63) is 46.8 Å². The number of hydrogen-bond acceptors (Lipinski definition) is 4. The Hall–Kier alpha value is -1.92. The molecule has 1 saturated heterocycles. The molecule has 0 unspecified atom stereocenters. The van der Waals surface area contributed by atoms with Gasteiger partial charge in [-0.3, -0.25) is 4.79 Å². The van der Waals surface area contributed by atoms with E-state index in [0.29, 0.717) is 18.3 Å². The first-order valence-electron chi connectivity index (χ1n) is 9.37. The zero-order valence-corrected chi connectivity index (χ0v) is 17.4. The highest BCUT2D eigenvalue weighted by molar-refractivity contribution is 5.93. The Morgan fingerprint density at radius 2 is 1.93 bits per heavy atom. The molecular formula is C20H30ClN5O. The van der Waals surface area contributed by atoms with Crippen molar-refractivity contribution in [2.45, 2.75) is 52.0 Å². The third-order valence-electron chi connectivity index (χ3n) is 5.36. The van der Waals surface area contributed by atoms with E-state index in [2.05, 4.69) is 53.8 Å². The van der Waals surface area contributed by atoms with E-state index in [-0.39, 0.29) is 23.7 Å². The zero-order chi connectivity index (χ0) is 18.7. The van der Waals surface area contributed by atoms with Crippen molar-refractivity contribution >= 4 is 18.3 Å². The van der Waals surface area contributed by atoms with Crippen LogP contribution in [0.25, 0.3) is 0 Å². The lowest BCUT2D eigenvalue weighted by Gasteiger charge is -2.27. The van der Waals surface area contributed by atoms with Gasteiger partial charge in [-0.2, -0.15) is 0 Å². The Kier molecular flexibility index (Phi) is 7.00. The van der Waals surface area contributed by atoms with Crippen molar-refractivity contribution in [3.63, 3.8) is 0 Å². The lowest BCUT2D eigenvalue weighted by Crippen LogP contribution is -2.37. The predicted molar refractivity (Wildman–Crippen MR) is 110 cm³/mol. The minimum absolute atomic E-state index is 0. The standard InChI is InChI=1S/C20H29N5O.ClH/c1-14-7-5-6-8-17(14)20(3,4)13-22-19(26)18-15(2)25(24-23-18)16-9-11-21-12-10-16;/h5-8,16,21H,9-13H2,1-4H3,(H,22,26);1H. The molecule has 2 aromatic rings. The minimum Gasteiger partial charge on any atom is -0.350 e. The van der Waals surface area contributed by atoms with Crippen LogP contribution in [0.5, 0.6) is 0 Å². The summed E-state index contributed by atoms with van der Waals surface area (Å²) >= 11 is 0. The first-order valence-corrected chi connectivity index (χ1v) is 9.37. The van der Waals surface area contributed by atoms with Crippen molar-refractivity contribution in [2.75, 3.05) is 19.6 Å². The summed E-state index contributed by atoms with van der Waals surface area (Å²) in [5, 5.41) is 14.8. The van der Waals surface area contributed by atoms with Gasteiger partial charge >= 0.3 is 0 Å². The fourth-order valence-electron chi connectivity index (χ4n) is 3.76. The van der Waals surface area contributed by atoms with E-state index in [1.807, 2.05) is 23.7 Å². The van der Waals surface area contributed by atoms with Crippen LogP contribution in [0, 0.1) is 13.8 Å². The summed E-state index contributed by atoms with van der Waals surface area (Å²) in [6.07, 6.45) is 2.04. The van der Waals surface area contributed by atoms with Gasteiger partial charge in [0.05, 0.1) is 11.7 Å². The van der Waals surface area contributed by atoms with Crippen LogP contribution in [0.1, 0.15) is 60.0 Å². The second kappa shape index (κ2) is 8.85. The number of amides is 1. The van der Waals surface area contributed by atoms with Gasteiger partial charge in [-0.1, -0.05) is 43.3 Å². The second-order valence-corrected chi connectivity index (χ2v) is 7.83. The number of nitrogens with one attached hydrogen (secondary N) is 2. The lowest BCUT2D eigenvalue weighted by atomic mass is 9.82. The number of nitrogens with zero attached hydrogens (tertiary/aromatic N) is 3. The maximum Gasteiger partial charge on any atom is 0.273 e. The molecule has 6 nitrogen and oxygen atoms in total. The first-order chi connectivity index (χ1) is 12.4. The van der Waals surface area contributed by atoms with Crippen LogP contribution in [0.15, 0.2) is 24.3 Å². The van der Waals surface area contributed by atoms with Gasteiger partial charge in [0.2, 0.25) is 0 Å². The average molecular weight is 392 g/mol. The Morgan fingerprint density at radius 3 is 2.59 bits per heavy atom. The van der Waals surface area contributed by atoms with Crippen molar-refractivity contribution in [3.8, 4) is 0 Å². The average Bonchev–Trinajstić information content (AvgIpc) is 3.02. The number of halogens is 1. The summed E-state index contributed by atoms with van der Waals surface area (Å²) in [6, 6.07) is 8.64. The molecule has 0 aliphatic carbocycles. The Bertz CT molecular complexity index is 780. The molecule has 1 amide bonds. The van der Waals surface area contributed by atoms with Gasteiger partial charge in [-0.05, 0) is 50.9 Å². The van der Waals surface area contributed by atoms with Gasteiger partial charge in [0.25, 0.3) is 5.91 Å². The Balaban J connectivity index is 0.00000261. The predicted octanol–water partition coefficient (Wildman–Crippen LogP) is 2.95. The molecule has 1 aliphatic rings. The van der Waals surface area contributed by atoms with Crippen LogP contribution in [0.2, 0.25) is 0 Å². The largest absolute Gasteiger partial charge is 0.350 e. The van der Waals surface area contributed by atoms with Gasteiger partial charge in [0.15, 0.2) is 5.69 Å². The highest BCUT2D eigenvalue weighted by Gasteiger charge is 2.26. The number of benzene rings is 1. The molecule has 3 rings (SSSR count). The molecule has 1 aromatic carbocycles. The summed E-state index contributed by atoms with van der Waals surface area (Å²) in [5.74, 6) is -0.149. The fourth-order valence-corrected chi connectivity index (χ4v) is 3.76. The molecule has 2 heterocycles. The number of aromatic nitrogens is 3. The van der Waals surface area contributed by atoms with Gasteiger partial charge < -0.3 is 10.6 Å². The van der Waals surface area contributed by atoms with E-state index in [1.54, 1.807) is 0 Å². The van der Waals surface area contributed by atoms with E-state index < -0.39 is 0 Å². The van der Waals surface area contributed by atoms with E-state index in [1.165, 1.54) is 11.1 Å². The van der Waals surface area contributed by atoms with Crippen LogP contribution in [-0.4, -0.2) is 40.5 Å². The van der Waals surface area contributed by atoms with Crippen molar-refractivity contribution in [2.24, 2.45) is 0 Å². The second-order valence-electron chi connectivity index (χ2n) is 7.83. The van der Waals surface area contributed by atoms with Crippen molar-refractivity contribution < 1.29 is 4.79 Å². The highest BCUT2D eigenvalue weighted by atomic mass is 35.5. The molecule has 1 aromatic heterocycles. The number of piperidine rings is 1. The first kappa shape index (κ1) is 21.4. The third kappa shape index (κ3) is 4.68. The normalized spacial score (nSPS) is 15.3. The van der Waals surface area contributed by atoms with Crippen LogP contribution in [-0.2, 0) is 5.41 Å². The van der Waals surface area contributed by atoms with E-state index >= 15 is 0 Å². The maximum absolute atomic E-state index is 12.7. The molecule has 0 radical (unpaired) electrons. The summed E-state index contributed by atoms with van der Waals surface area (Å²) in [4.78, 5) is 12.7. The van der Waals surface area contributed by atoms with Crippen LogP contribution in [0.4, 0.5) is 0 Å². The number of aryl methyl sites for hydroxylation is 1. The molecule has 0 saturated carbocycles. The van der Waals surface area contributed by atoms with Crippen molar-refractivity contribution in [1.29, 1.82) is 0 Å². The summed E-state index contributed by atoms with van der Waals surface area (Å²) < 4.78 is 1.92. The summed E-state index contributed by atoms with van der Waals surface area (Å²) in [5.41, 5.74) is 3.61. The molecule has 148 valence electrons. The maximum atomic E-state index is 12.7. The van der Waals surface area contributed by atoms with Gasteiger partial charge in [-0.25, -0.2) is 4.68 Å². The zero-order valence-electron chi connectivity index (χ0n) is 16.6. The topological polar surface area (TPSA) is 71.8 Å². The molecule has 27 heavy (non-hydrogen) atoms. The highest BCUT2D eigenvalue weighted by Crippen LogP contribution is 2.25. The van der Waals surface area contributed by atoms with Gasteiger partial charge in [0, 0.05) is 12.0 Å². The van der Waals surface area contributed by atoms with Crippen LogP contribution < -0.4 is 10.6 Å². The molecule has 7 heteroatoms. The molecule has 2 N–H and O–H groups in total. The number of rotatable bonds is 5. The van der Waals surface area contributed by atoms with E-state index in [9.17, 15) is 4.79 Å². The van der Waals surface area contributed by atoms with Crippen LogP contribution >= 0.6 is 12.4 Å². The number of carbonyl (C=O) groups excluding carboxylic acids is 1. The SMILES string of the molecule is Cc1ccccc1C(C)(C)CNC(=O)c1nnn(C2CCNCC2)c1C.Cl. The van der Waals surface area contributed by atoms with Gasteiger partial charge in [0.1, 0.15) is 0 Å². The third-order valence-corrected chi connectivity index (χ3v) is 5.36. The van der Waals surface area contributed by atoms with Gasteiger partial charge in [-0.15, -0.1) is 17.5 Å². The van der Waals surface area contributed by atoms with E-state index in [4.69, 9.17) is 0 Å².